The molecule has 7 nitrogen and oxygen atoms in total. The number of rotatable bonds is 5. The summed E-state index contributed by atoms with van der Waals surface area (Å²) in [6.45, 7) is 11.5. The van der Waals surface area contributed by atoms with Crippen molar-refractivity contribution in [1.82, 2.24) is 20.1 Å². The van der Waals surface area contributed by atoms with Crippen LogP contribution in [-0.2, 0) is 6.54 Å². The summed E-state index contributed by atoms with van der Waals surface area (Å²) >= 11 is 0. The Balaban J connectivity index is 1.19. The first kappa shape index (κ1) is 22.6. The minimum atomic E-state index is -0.189. The maximum atomic E-state index is 13.2. The zero-order chi connectivity index (χ0) is 22.5. The van der Waals surface area contributed by atoms with Gasteiger partial charge in [-0.05, 0) is 70.0 Å². The van der Waals surface area contributed by atoms with Gasteiger partial charge in [0, 0.05) is 45.5 Å². The van der Waals surface area contributed by atoms with E-state index in [0.29, 0.717) is 5.92 Å². The lowest BCUT2D eigenvalue weighted by atomic mass is 9.97. The van der Waals surface area contributed by atoms with Gasteiger partial charge in [0.25, 0.3) is 0 Å². The number of piperidine rings is 1. The number of piperazine rings is 1. The Labute approximate surface area is 190 Å². The second-order valence-corrected chi connectivity index (χ2v) is 8.85. The third-order valence-corrected chi connectivity index (χ3v) is 6.67. The van der Waals surface area contributed by atoms with Gasteiger partial charge in [0.05, 0.1) is 12.2 Å². The monoisotopic (exact) mass is 442 g/mol. The summed E-state index contributed by atoms with van der Waals surface area (Å²) < 4.78 is 18.9. The van der Waals surface area contributed by atoms with Crippen LogP contribution < -0.4 is 10.2 Å². The molecule has 0 bridgehead atoms. The van der Waals surface area contributed by atoms with Gasteiger partial charge in [-0.15, -0.1) is 0 Å². The number of aromatic nitrogens is 1. The molecule has 0 amide bonds. The van der Waals surface area contributed by atoms with Crippen molar-refractivity contribution in [2.24, 2.45) is 10.9 Å². The fourth-order valence-corrected chi connectivity index (χ4v) is 4.54. The summed E-state index contributed by atoms with van der Waals surface area (Å²) in [5, 5.41) is 3.60. The Bertz CT molecular complexity index is 876. The van der Waals surface area contributed by atoms with Crippen molar-refractivity contribution in [2.75, 3.05) is 57.8 Å². The van der Waals surface area contributed by atoms with E-state index in [1.54, 1.807) is 0 Å². The smallest absolute Gasteiger partial charge is 0.208 e. The first-order valence-electron chi connectivity index (χ1n) is 11.6. The number of halogens is 1. The second kappa shape index (κ2) is 10.3. The van der Waals surface area contributed by atoms with E-state index in [1.165, 1.54) is 25.0 Å². The molecule has 174 valence electrons. The van der Waals surface area contributed by atoms with Crippen LogP contribution in [-0.4, -0.2) is 73.6 Å². The molecule has 1 aromatic carbocycles. The normalized spacial score (nSPS) is 18.9. The minimum absolute atomic E-state index is 0.189. The lowest BCUT2D eigenvalue weighted by Gasteiger charge is -2.38. The number of benzene rings is 1. The number of aliphatic imine (C=N–C) groups is 1. The van der Waals surface area contributed by atoms with Gasteiger partial charge in [0.1, 0.15) is 11.6 Å². The average molecular weight is 443 g/mol. The van der Waals surface area contributed by atoms with E-state index in [2.05, 4.69) is 30.0 Å². The van der Waals surface area contributed by atoms with E-state index in [-0.39, 0.29) is 5.82 Å². The summed E-state index contributed by atoms with van der Waals surface area (Å²) in [5.74, 6) is 3.19. The molecule has 8 heteroatoms. The summed E-state index contributed by atoms with van der Waals surface area (Å²) in [6, 6.07) is 6.77. The highest BCUT2D eigenvalue weighted by atomic mass is 19.1. The van der Waals surface area contributed by atoms with Crippen LogP contribution in [0.4, 0.5) is 10.1 Å². The first-order chi connectivity index (χ1) is 15.5. The fraction of sp³-hybridized carbons (Fsp3) is 0.583. The van der Waals surface area contributed by atoms with Gasteiger partial charge in [-0.2, -0.15) is 0 Å². The van der Waals surface area contributed by atoms with Crippen molar-refractivity contribution in [3.05, 3.63) is 47.4 Å². The van der Waals surface area contributed by atoms with Crippen LogP contribution in [0.1, 0.15) is 30.2 Å². The third kappa shape index (κ3) is 5.59. The quantitative estimate of drug-likeness (QED) is 0.567. The number of hydrogen-bond donors (Lipinski definition) is 1. The number of guanidine groups is 1. The van der Waals surface area contributed by atoms with Crippen molar-refractivity contribution < 1.29 is 8.81 Å². The van der Waals surface area contributed by atoms with E-state index in [9.17, 15) is 4.39 Å². The topological polar surface area (TPSA) is 60.1 Å². The van der Waals surface area contributed by atoms with E-state index in [0.717, 1.165) is 81.3 Å². The molecule has 0 saturated carbocycles. The lowest BCUT2D eigenvalue weighted by Crippen LogP contribution is -2.53. The number of oxazole rings is 1. The molecule has 2 fully saturated rings. The molecule has 2 aliphatic rings. The van der Waals surface area contributed by atoms with E-state index in [4.69, 9.17) is 4.42 Å². The zero-order valence-electron chi connectivity index (χ0n) is 19.5. The van der Waals surface area contributed by atoms with Crippen LogP contribution in [0.15, 0.2) is 33.7 Å². The summed E-state index contributed by atoms with van der Waals surface area (Å²) in [4.78, 5) is 16.1. The van der Waals surface area contributed by atoms with Gasteiger partial charge in [0.2, 0.25) is 5.89 Å². The lowest BCUT2D eigenvalue weighted by molar-refractivity contribution is 0.163. The highest BCUT2D eigenvalue weighted by Gasteiger charge is 2.23. The molecule has 0 spiro atoms. The summed E-state index contributed by atoms with van der Waals surface area (Å²) in [7, 11) is 1.86. The molecule has 0 radical (unpaired) electrons. The summed E-state index contributed by atoms with van der Waals surface area (Å²) in [6.07, 6.45) is 2.34. The maximum Gasteiger partial charge on any atom is 0.208 e. The van der Waals surface area contributed by atoms with Crippen LogP contribution in [0.25, 0.3) is 0 Å². The third-order valence-electron chi connectivity index (χ3n) is 6.67. The SMILES string of the molecule is CN=C(NCC1CCN(Cc2nc(C)c(C)o2)CC1)N1CCN(c2ccc(F)cc2)CC1. The number of likely N-dealkylation sites (tertiary alicyclic amines) is 1. The predicted molar refractivity (Wildman–Crippen MR) is 126 cm³/mol. The van der Waals surface area contributed by atoms with Crippen LogP contribution in [0.5, 0.6) is 0 Å². The fourth-order valence-electron chi connectivity index (χ4n) is 4.54. The van der Waals surface area contributed by atoms with Crippen molar-refractivity contribution in [3.8, 4) is 0 Å². The molecule has 2 aromatic rings. The summed E-state index contributed by atoms with van der Waals surface area (Å²) in [5.41, 5.74) is 2.07. The molecular weight excluding hydrogens is 407 g/mol. The second-order valence-electron chi connectivity index (χ2n) is 8.85. The van der Waals surface area contributed by atoms with Crippen molar-refractivity contribution in [2.45, 2.75) is 33.2 Å². The number of aryl methyl sites for hydroxylation is 2. The Morgan fingerprint density at radius 3 is 2.38 bits per heavy atom. The molecule has 3 heterocycles. The Hall–Kier alpha value is -2.61. The Kier molecular flexibility index (Phi) is 7.29. The molecular formula is C24H35FN6O. The molecule has 1 aromatic heterocycles. The van der Waals surface area contributed by atoms with E-state index in [1.807, 2.05) is 33.0 Å². The van der Waals surface area contributed by atoms with Gasteiger partial charge in [-0.25, -0.2) is 9.37 Å². The highest BCUT2D eigenvalue weighted by Crippen LogP contribution is 2.20. The molecule has 0 atom stereocenters. The molecule has 0 aliphatic carbocycles. The number of nitrogens with zero attached hydrogens (tertiary/aromatic N) is 5. The minimum Gasteiger partial charge on any atom is -0.444 e. The van der Waals surface area contributed by atoms with Crippen molar-refractivity contribution >= 4 is 11.6 Å². The van der Waals surface area contributed by atoms with Crippen LogP contribution >= 0.6 is 0 Å². The van der Waals surface area contributed by atoms with Gasteiger partial charge in [-0.1, -0.05) is 0 Å². The number of nitrogens with one attached hydrogen (secondary N) is 1. The van der Waals surface area contributed by atoms with Crippen molar-refractivity contribution in [3.63, 3.8) is 0 Å². The van der Waals surface area contributed by atoms with Gasteiger partial charge < -0.3 is 19.5 Å². The number of hydrogen-bond acceptors (Lipinski definition) is 5. The maximum absolute atomic E-state index is 13.2. The van der Waals surface area contributed by atoms with Crippen molar-refractivity contribution in [1.29, 1.82) is 0 Å². The van der Waals surface area contributed by atoms with E-state index < -0.39 is 0 Å². The predicted octanol–water partition coefficient (Wildman–Crippen LogP) is 3.04. The van der Waals surface area contributed by atoms with E-state index >= 15 is 0 Å². The highest BCUT2D eigenvalue weighted by molar-refractivity contribution is 5.80. The molecule has 2 aliphatic heterocycles. The Morgan fingerprint density at radius 2 is 1.78 bits per heavy atom. The van der Waals surface area contributed by atoms with Crippen LogP contribution in [0.3, 0.4) is 0 Å². The average Bonchev–Trinajstić information content (AvgIpc) is 3.13. The van der Waals surface area contributed by atoms with Crippen LogP contribution in [0, 0.1) is 25.6 Å². The molecule has 32 heavy (non-hydrogen) atoms. The zero-order valence-corrected chi connectivity index (χ0v) is 19.5. The Morgan fingerprint density at radius 1 is 1.09 bits per heavy atom. The van der Waals surface area contributed by atoms with Gasteiger partial charge in [0.15, 0.2) is 5.96 Å². The standard InChI is InChI=1S/C24H35FN6O/c1-18-19(2)32-23(28-18)17-29-10-8-20(9-11-29)16-27-24(26-3)31-14-12-30(13-15-31)22-6-4-21(25)5-7-22/h4-7,20H,8-17H2,1-3H3,(H,26,27). The number of anilines is 1. The molecule has 1 N–H and O–H groups in total. The first-order valence-corrected chi connectivity index (χ1v) is 11.6. The molecule has 2 saturated heterocycles. The molecule has 0 unspecified atom stereocenters. The molecule has 4 rings (SSSR count). The van der Waals surface area contributed by atoms with Crippen LogP contribution in [0.2, 0.25) is 0 Å². The van der Waals surface area contributed by atoms with Gasteiger partial charge in [-0.3, -0.25) is 9.89 Å². The largest absolute Gasteiger partial charge is 0.444 e. The van der Waals surface area contributed by atoms with Gasteiger partial charge >= 0.3 is 0 Å².